The monoisotopic (exact) mass is 397 g/mol. The van der Waals surface area contributed by atoms with E-state index in [0.29, 0.717) is 30.7 Å². The first-order valence-electron chi connectivity index (χ1n) is 10.4. The van der Waals surface area contributed by atoms with Crippen LogP contribution >= 0.6 is 0 Å². The molecule has 1 aliphatic heterocycles. The first-order chi connectivity index (χ1) is 14.0. The molecule has 29 heavy (non-hydrogen) atoms. The largest absolute Gasteiger partial charge is 0.489 e. The van der Waals surface area contributed by atoms with Gasteiger partial charge in [-0.2, -0.15) is 5.26 Å². The highest BCUT2D eigenvalue weighted by atomic mass is 19.1. The molecule has 6 heteroatoms. The molecule has 2 N–H and O–H groups in total. The van der Waals surface area contributed by atoms with E-state index in [9.17, 15) is 9.18 Å². The molecule has 0 radical (unpaired) electrons. The molecule has 1 amide bonds. The summed E-state index contributed by atoms with van der Waals surface area (Å²) in [6.07, 6.45) is 6.37. The number of ether oxygens (including phenoxy) is 1. The molecule has 2 bridgehead atoms. The average Bonchev–Trinajstić information content (AvgIpc) is 2.75. The zero-order valence-corrected chi connectivity index (χ0v) is 16.7. The van der Waals surface area contributed by atoms with E-state index >= 15 is 0 Å². The maximum Gasteiger partial charge on any atom is 0.228 e. The summed E-state index contributed by atoms with van der Waals surface area (Å²) in [7, 11) is 0. The van der Waals surface area contributed by atoms with Crippen molar-refractivity contribution in [3.05, 3.63) is 41.7 Å². The summed E-state index contributed by atoms with van der Waals surface area (Å²) in [5.41, 5.74) is 7.13. The predicted molar refractivity (Wildman–Crippen MR) is 108 cm³/mol. The number of fused-ring (bicyclic) bond motifs is 3. The molecule has 3 aliphatic carbocycles. The molecule has 4 aliphatic rings. The minimum Gasteiger partial charge on any atom is -0.489 e. The lowest BCUT2D eigenvalue weighted by Gasteiger charge is -2.55. The fourth-order valence-electron chi connectivity index (χ4n) is 5.22. The average molecular weight is 397 g/mol. The molecule has 0 aromatic heterocycles. The van der Waals surface area contributed by atoms with Gasteiger partial charge in [0.05, 0.1) is 18.3 Å². The number of benzene rings is 1. The zero-order chi connectivity index (χ0) is 20.5. The van der Waals surface area contributed by atoms with Crippen molar-refractivity contribution in [2.24, 2.45) is 17.1 Å². The van der Waals surface area contributed by atoms with Crippen molar-refractivity contribution in [2.45, 2.75) is 43.9 Å². The number of rotatable bonds is 6. The van der Waals surface area contributed by atoms with Crippen molar-refractivity contribution >= 4 is 5.91 Å². The van der Waals surface area contributed by atoms with Crippen LogP contribution in [0.15, 0.2) is 36.2 Å². The highest BCUT2D eigenvalue weighted by Crippen LogP contribution is 2.58. The minimum atomic E-state index is -0.206. The molecular weight excluding hydrogens is 369 g/mol. The summed E-state index contributed by atoms with van der Waals surface area (Å²) < 4.78 is 18.2. The van der Waals surface area contributed by atoms with E-state index in [1.54, 1.807) is 0 Å². The maximum atomic E-state index is 13.0. The Labute approximate surface area is 171 Å². The summed E-state index contributed by atoms with van der Waals surface area (Å²) in [6, 6.07) is 10.4. The quantitative estimate of drug-likeness (QED) is 0.797. The highest BCUT2D eigenvalue weighted by molar-refractivity contribution is 5.84. The van der Waals surface area contributed by atoms with Gasteiger partial charge in [-0.3, -0.25) is 4.79 Å². The van der Waals surface area contributed by atoms with Gasteiger partial charge >= 0.3 is 0 Å². The SMILES string of the molecule is N#CC1CN(C(=O)C23CCC(c4ccc(OCC(=CF)CN)cc4)(CC2)CC3)C1. The Bertz CT molecular complexity index is 812. The number of likely N-dealkylation sites (tertiary alicyclic amines) is 1. The summed E-state index contributed by atoms with van der Waals surface area (Å²) in [5, 5.41) is 8.97. The van der Waals surface area contributed by atoms with Gasteiger partial charge in [-0.05, 0) is 61.6 Å². The first-order valence-corrected chi connectivity index (χ1v) is 10.4. The number of nitrogens with two attached hydrogens (primary N) is 1. The number of carbonyl (C=O) groups excluding carboxylic acids is 1. The summed E-state index contributed by atoms with van der Waals surface area (Å²) >= 11 is 0. The number of hydrogen-bond acceptors (Lipinski definition) is 4. The van der Waals surface area contributed by atoms with Crippen LogP contribution in [0, 0.1) is 22.7 Å². The highest BCUT2D eigenvalue weighted by Gasteiger charge is 2.54. The van der Waals surface area contributed by atoms with Gasteiger partial charge in [0.15, 0.2) is 0 Å². The van der Waals surface area contributed by atoms with Crippen LogP contribution in [0.25, 0.3) is 0 Å². The standard InChI is InChI=1S/C23H28FN3O2/c24-11-17(12-25)16-29-20-3-1-19(2-4-20)22-5-8-23(9-6-22,10-7-22)21(28)27-14-18(13-26)15-27/h1-4,11,18H,5-10,12,14-16,25H2. The van der Waals surface area contributed by atoms with Gasteiger partial charge in [0.1, 0.15) is 12.4 Å². The lowest BCUT2D eigenvalue weighted by molar-refractivity contribution is -0.154. The second-order valence-corrected chi connectivity index (χ2v) is 8.88. The molecule has 1 saturated heterocycles. The number of carbonyl (C=O) groups is 1. The van der Waals surface area contributed by atoms with Crippen molar-refractivity contribution in [2.75, 3.05) is 26.2 Å². The molecule has 5 rings (SSSR count). The fourth-order valence-corrected chi connectivity index (χ4v) is 5.22. The molecule has 0 spiro atoms. The number of halogens is 1. The van der Waals surface area contributed by atoms with Crippen LogP contribution in [-0.4, -0.2) is 37.0 Å². The van der Waals surface area contributed by atoms with Crippen molar-refractivity contribution in [1.82, 2.24) is 4.90 Å². The second kappa shape index (κ2) is 7.79. The normalized spacial score (nSPS) is 29.3. The van der Waals surface area contributed by atoms with Crippen LogP contribution in [0.2, 0.25) is 0 Å². The third-order valence-electron chi connectivity index (χ3n) is 7.36. The number of nitrogens with zero attached hydrogens (tertiary/aromatic N) is 2. The fraction of sp³-hybridized carbons (Fsp3) is 0.565. The van der Waals surface area contributed by atoms with E-state index in [2.05, 4.69) is 18.2 Å². The van der Waals surface area contributed by atoms with Gasteiger partial charge in [0, 0.05) is 30.6 Å². The Hall–Kier alpha value is -2.39. The predicted octanol–water partition coefficient (Wildman–Crippen LogP) is 3.45. The van der Waals surface area contributed by atoms with E-state index in [0.717, 1.165) is 38.5 Å². The van der Waals surface area contributed by atoms with E-state index in [-0.39, 0.29) is 35.8 Å². The Kier molecular flexibility index (Phi) is 5.35. The van der Waals surface area contributed by atoms with E-state index < -0.39 is 0 Å². The first kappa shape index (κ1) is 19.9. The Morgan fingerprint density at radius 3 is 2.34 bits per heavy atom. The zero-order valence-electron chi connectivity index (χ0n) is 16.7. The Morgan fingerprint density at radius 1 is 1.21 bits per heavy atom. The van der Waals surface area contributed by atoms with E-state index in [1.165, 1.54) is 5.56 Å². The van der Waals surface area contributed by atoms with Gasteiger partial charge in [0.2, 0.25) is 5.91 Å². The van der Waals surface area contributed by atoms with Crippen LogP contribution in [0.3, 0.4) is 0 Å². The lowest BCUT2D eigenvalue weighted by Crippen LogP contribution is -2.58. The number of amides is 1. The third kappa shape index (κ3) is 3.53. The molecule has 0 unspecified atom stereocenters. The Morgan fingerprint density at radius 2 is 1.83 bits per heavy atom. The van der Waals surface area contributed by atoms with E-state index in [4.69, 9.17) is 15.7 Å². The molecule has 0 atom stereocenters. The van der Waals surface area contributed by atoms with Crippen LogP contribution in [0.5, 0.6) is 5.75 Å². The van der Waals surface area contributed by atoms with Gasteiger partial charge < -0.3 is 15.4 Å². The summed E-state index contributed by atoms with van der Waals surface area (Å²) in [6.45, 7) is 1.51. The van der Waals surface area contributed by atoms with Crippen LogP contribution < -0.4 is 10.5 Å². The number of nitriles is 1. The topological polar surface area (TPSA) is 79.3 Å². The second-order valence-electron chi connectivity index (χ2n) is 8.88. The smallest absolute Gasteiger partial charge is 0.228 e. The van der Waals surface area contributed by atoms with Gasteiger partial charge in [-0.25, -0.2) is 4.39 Å². The molecule has 1 heterocycles. The van der Waals surface area contributed by atoms with Crippen molar-refractivity contribution < 1.29 is 13.9 Å². The molecule has 5 nitrogen and oxygen atoms in total. The van der Waals surface area contributed by atoms with Gasteiger partial charge in [-0.15, -0.1) is 0 Å². The van der Waals surface area contributed by atoms with Gasteiger partial charge in [0.25, 0.3) is 0 Å². The molecule has 4 fully saturated rings. The van der Waals surface area contributed by atoms with Crippen molar-refractivity contribution in [3.8, 4) is 11.8 Å². The maximum absolute atomic E-state index is 13.0. The van der Waals surface area contributed by atoms with Crippen LogP contribution in [0.4, 0.5) is 4.39 Å². The molecule has 154 valence electrons. The van der Waals surface area contributed by atoms with Crippen molar-refractivity contribution in [3.63, 3.8) is 0 Å². The van der Waals surface area contributed by atoms with Crippen LogP contribution in [-0.2, 0) is 10.2 Å². The lowest BCUT2D eigenvalue weighted by atomic mass is 9.51. The summed E-state index contributed by atoms with van der Waals surface area (Å²) in [4.78, 5) is 14.9. The van der Waals surface area contributed by atoms with Crippen LogP contribution in [0.1, 0.15) is 44.1 Å². The summed E-state index contributed by atoms with van der Waals surface area (Å²) in [5.74, 6) is 1.00. The molecule has 1 aromatic rings. The minimum absolute atomic E-state index is 0.0173. The van der Waals surface area contributed by atoms with E-state index in [1.807, 2.05) is 17.0 Å². The number of hydrogen-bond donors (Lipinski definition) is 1. The van der Waals surface area contributed by atoms with Crippen molar-refractivity contribution in [1.29, 1.82) is 5.26 Å². The molecule has 3 saturated carbocycles. The molecular formula is C23H28FN3O2. The Balaban J connectivity index is 1.38. The third-order valence-corrected chi connectivity index (χ3v) is 7.36. The van der Waals surface area contributed by atoms with Gasteiger partial charge in [-0.1, -0.05) is 12.1 Å². The molecule has 1 aromatic carbocycles.